The Labute approximate surface area is 126 Å². The van der Waals surface area contributed by atoms with Gasteiger partial charge in [-0.2, -0.15) is 0 Å². The summed E-state index contributed by atoms with van der Waals surface area (Å²) < 4.78 is 0. The van der Waals surface area contributed by atoms with E-state index in [4.69, 9.17) is 0 Å². The quantitative estimate of drug-likeness (QED) is 0.511. The van der Waals surface area contributed by atoms with Crippen LogP contribution in [0.4, 0.5) is 0 Å². The van der Waals surface area contributed by atoms with Gasteiger partial charge in [0.2, 0.25) is 0 Å². The Morgan fingerprint density at radius 1 is 1.24 bits per heavy atom. The van der Waals surface area contributed by atoms with Crippen LogP contribution in [0.25, 0.3) is 10.9 Å². The van der Waals surface area contributed by atoms with Gasteiger partial charge in [0.05, 0.1) is 0 Å². The number of aromatic amines is 1. The van der Waals surface area contributed by atoms with Crippen LogP contribution in [0.15, 0.2) is 30.3 Å². The minimum absolute atomic E-state index is 0.119. The summed E-state index contributed by atoms with van der Waals surface area (Å²) >= 11 is 0. The lowest BCUT2D eigenvalue weighted by Gasteiger charge is -2.14. The lowest BCUT2D eigenvalue weighted by atomic mass is 10.1. The number of para-hydroxylation sites is 1. The van der Waals surface area contributed by atoms with Crippen molar-refractivity contribution in [2.75, 3.05) is 0 Å². The SMILES string of the molecule is CCCCCCC(C)NNC(=O)c1cc2ccccc2[nH]1. The number of unbranched alkanes of at least 4 members (excludes halogenated alkanes) is 3. The number of hydrogen-bond donors (Lipinski definition) is 3. The standard InChI is InChI=1S/C17H25N3O/c1-3-4-5-6-9-13(2)19-20-17(21)16-12-14-10-7-8-11-15(14)18-16/h7-8,10-13,18-19H,3-6,9H2,1-2H3,(H,20,21). The van der Waals surface area contributed by atoms with Crippen molar-refractivity contribution in [3.63, 3.8) is 0 Å². The minimum Gasteiger partial charge on any atom is -0.350 e. The van der Waals surface area contributed by atoms with Gasteiger partial charge in [-0.3, -0.25) is 10.2 Å². The molecule has 1 aromatic carbocycles. The lowest BCUT2D eigenvalue weighted by molar-refractivity contribution is 0.0921. The van der Waals surface area contributed by atoms with E-state index in [0.717, 1.165) is 17.3 Å². The highest BCUT2D eigenvalue weighted by atomic mass is 16.2. The zero-order chi connectivity index (χ0) is 15.1. The molecule has 0 bridgehead atoms. The van der Waals surface area contributed by atoms with Crippen LogP contribution in [0, 0.1) is 0 Å². The van der Waals surface area contributed by atoms with E-state index >= 15 is 0 Å². The van der Waals surface area contributed by atoms with Crippen LogP contribution in [0.5, 0.6) is 0 Å². The summed E-state index contributed by atoms with van der Waals surface area (Å²) in [5.41, 5.74) is 7.43. The maximum atomic E-state index is 12.1. The zero-order valence-electron chi connectivity index (χ0n) is 12.9. The fourth-order valence-corrected chi connectivity index (χ4v) is 2.40. The molecule has 0 aliphatic rings. The molecule has 0 aliphatic heterocycles. The summed E-state index contributed by atoms with van der Waals surface area (Å²) in [4.78, 5) is 15.2. The van der Waals surface area contributed by atoms with Gasteiger partial charge in [-0.15, -0.1) is 0 Å². The predicted octanol–water partition coefficient (Wildman–Crippen LogP) is 3.76. The number of carbonyl (C=O) groups is 1. The molecule has 1 aromatic heterocycles. The highest BCUT2D eigenvalue weighted by Gasteiger charge is 2.10. The molecule has 3 N–H and O–H groups in total. The molecule has 0 saturated carbocycles. The normalized spacial score (nSPS) is 12.5. The minimum atomic E-state index is -0.119. The van der Waals surface area contributed by atoms with Crippen molar-refractivity contribution in [3.8, 4) is 0 Å². The number of amides is 1. The van der Waals surface area contributed by atoms with Gasteiger partial charge < -0.3 is 4.98 Å². The molecule has 0 aliphatic carbocycles. The van der Waals surface area contributed by atoms with Crippen molar-refractivity contribution < 1.29 is 4.79 Å². The number of hydrazine groups is 1. The first-order valence-electron chi connectivity index (χ1n) is 7.84. The molecule has 1 amide bonds. The van der Waals surface area contributed by atoms with Crippen LogP contribution < -0.4 is 10.9 Å². The third kappa shape index (κ3) is 4.60. The first kappa shape index (κ1) is 15.6. The van der Waals surface area contributed by atoms with Crippen molar-refractivity contribution in [2.45, 2.75) is 52.0 Å². The second kappa shape index (κ2) is 7.84. The Hall–Kier alpha value is -1.81. The summed E-state index contributed by atoms with van der Waals surface area (Å²) in [6.07, 6.45) is 6.07. The van der Waals surface area contributed by atoms with Gasteiger partial charge in [0.25, 0.3) is 5.91 Å². The number of hydrogen-bond acceptors (Lipinski definition) is 2. The zero-order valence-corrected chi connectivity index (χ0v) is 12.9. The van der Waals surface area contributed by atoms with Gasteiger partial charge in [0.1, 0.15) is 5.69 Å². The molecular formula is C17H25N3O. The number of fused-ring (bicyclic) bond motifs is 1. The van der Waals surface area contributed by atoms with Crippen LogP contribution >= 0.6 is 0 Å². The van der Waals surface area contributed by atoms with E-state index in [2.05, 4.69) is 29.7 Å². The van der Waals surface area contributed by atoms with Gasteiger partial charge in [-0.25, -0.2) is 5.43 Å². The molecule has 0 spiro atoms. The van der Waals surface area contributed by atoms with Crippen molar-refractivity contribution >= 4 is 16.8 Å². The molecule has 0 fully saturated rings. The monoisotopic (exact) mass is 287 g/mol. The van der Waals surface area contributed by atoms with Crippen molar-refractivity contribution in [3.05, 3.63) is 36.0 Å². The fraction of sp³-hybridized carbons (Fsp3) is 0.471. The van der Waals surface area contributed by atoms with E-state index in [1.807, 2.05) is 30.3 Å². The van der Waals surface area contributed by atoms with Crippen molar-refractivity contribution in [2.24, 2.45) is 0 Å². The van der Waals surface area contributed by atoms with E-state index in [0.29, 0.717) is 5.69 Å². The van der Waals surface area contributed by atoms with Gasteiger partial charge in [0.15, 0.2) is 0 Å². The molecule has 114 valence electrons. The molecule has 4 heteroatoms. The predicted molar refractivity (Wildman–Crippen MR) is 87.1 cm³/mol. The summed E-state index contributed by atoms with van der Waals surface area (Å²) in [6, 6.07) is 10.0. The summed E-state index contributed by atoms with van der Waals surface area (Å²) in [6.45, 7) is 4.31. The van der Waals surface area contributed by atoms with Crippen molar-refractivity contribution in [1.29, 1.82) is 0 Å². The Morgan fingerprint density at radius 3 is 2.81 bits per heavy atom. The maximum Gasteiger partial charge on any atom is 0.281 e. The number of carbonyl (C=O) groups excluding carboxylic acids is 1. The van der Waals surface area contributed by atoms with E-state index in [-0.39, 0.29) is 11.9 Å². The van der Waals surface area contributed by atoms with Crippen molar-refractivity contribution in [1.82, 2.24) is 15.8 Å². The Bertz CT molecular complexity index is 543. The van der Waals surface area contributed by atoms with Gasteiger partial charge in [-0.05, 0) is 25.5 Å². The van der Waals surface area contributed by atoms with Crippen LogP contribution in [0.3, 0.4) is 0 Å². The molecule has 0 saturated heterocycles. The summed E-state index contributed by atoms with van der Waals surface area (Å²) in [5, 5.41) is 1.05. The Balaban J connectivity index is 1.78. The average Bonchev–Trinajstić information content (AvgIpc) is 2.93. The molecule has 4 nitrogen and oxygen atoms in total. The first-order valence-corrected chi connectivity index (χ1v) is 7.84. The molecule has 2 aromatic rings. The van der Waals surface area contributed by atoms with E-state index in [9.17, 15) is 4.79 Å². The fourth-order valence-electron chi connectivity index (χ4n) is 2.40. The highest BCUT2D eigenvalue weighted by molar-refractivity contribution is 5.97. The number of rotatable bonds is 8. The topological polar surface area (TPSA) is 56.9 Å². The third-order valence-electron chi connectivity index (χ3n) is 3.70. The second-order valence-electron chi connectivity index (χ2n) is 5.62. The summed E-state index contributed by atoms with van der Waals surface area (Å²) in [7, 11) is 0. The molecule has 21 heavy (non-hydrogen) atoms. The number of aromatic nitrogens is 1. The molecular weight excluding hydrogens is 262 g/mol. The van der Waals surface area contributed by atoms with Gasteiger partial charge >= 0.3 is 0 Å². The molecule has 1 unspecified atom stereocenters. The van der Waals surface area contributed by atoms with Crippen LogP contribution in [-0.4, -0.2) is 16.9 Å². The smallest absolute Gasteiger partial charge is 0.281 e. The molecule has 1 atom stereocenters. The molecule has 0 radical (unpaired) electrons. The number of H-pyrrole nitrogens is 1. The third-order valence-corrected chi connectivity index (χ3v) is 3.70. The Morgan fingerprint density at radius 2 is 2.05 bits per heavy atom. The van der Waals surface area contributed by atoms with Crippen LogP contribution in [-0.2, 0) is 0 Å². The van der Waals surface area contributed by atoms with Gasteiger partial charge in [-0.1, -0.05) is 50.8 Å². The largest absolute Gasteiger partial charge is 0.350 e. The lowest BCUT2D eigenvalue weighted by Crippen LogP contribution is -2.43. The Kier molecular flexibility index (Phi) is 5.81. The van der Waals surface area contributed by atoms with Gasteiger partial charge in [0, 0.05) is 16.9 Å². The van der Waals surface area contributed by atoms with Crippen LogP contribution in [0.2, 0.25) is 0 Å². The average molecular weight is 287 g/mol. The van der Waals surface area contributed by atoms with E-state index < -0.39 is 0 Å². The van der Waals surface area contributed by atoms with E-state index in [1.54, 1.807) is 0 Å². The maximum absolute atomic E-state index is 12.1. The second-order valence-corrected chi connectivity index (χ2v) is 5.62. The first-order chi connectivity index (χ1) is 10.2. The molecule has 1 heterocycles. The molecule has 2 rings (SSSR count). The highest BCUT2D eigenvalue weighted by Crippen LogP contribution is 2.14. The number of benzene rings is 1. The van der Waals surface area contributed by atoms with E-state index in [1.165, 1.54) is 25.7 Å². The summed E-state index contributed by atoms with van der Waals surface area (Å²) in [5.74, 6) is -0.119. The number of nitrogens with one attached hydrogen (secondary N) is 3. The van der Waals surface area contributed by atoms with Crippen LogP contribution in [0.1, 0.15) is 56.4 Å².